The number of benzene rings is 2. The fraction of sp³-hybridized carbons (Fsp3) is 0.320. The summed E-state index contributed by atoms with van der Waals surface area (Å²) >= 11 is 0. The molecule has 1 aliphatic rings. The number of hydrogen-bond acceptors (Lipinski definition) is 6. The third-order valence-corrected chi connectivity index (χ3v) is 6.53. The first-order chi connectivity index (χ1) is 16.4. The number of aromatic carboxylic acids is 1. The van der Waals surface area contributed by atoms with Gasteiger partial charge < -0.3 is 29.6 Å². The van der Waals surface area contributed by atoms with Crippen molar-refractivity contribution in [1.82, 2.24) is 14.1 Å². The van der Waals surface area contributed by atoms with Crippen LogP contribution in [0, 0.1) is 0 Å². The van der Waals surface area contributed by atoms with Crippen molar-refractivity contribution in [3.05, 3.63) is 63.9 Å². The number of pyridine rings is 1. The lowest BCUT2D eigenvalue weighted by atomic mass is 10.1. The summed E-state index contributed by atoms with van der Waals surface area (Å²) in [5, 5.41) is 10.2. The van der Waals surface area contributed by atoms with Gasteiger partial charge in [-0.1, -0.05) is 12.1 Å². The maximum Gasteiger partial charge on any atom is 0.335 e. The summed E-state index contributed by atoms with van der Waals surface area (Å²) in [6, 6.07) is 12.5. The van der Waals surface area contributed by atoms with Crippen molar-refractivity contribution < 1.29 is 14.6 Å². The van der Waals surface area contributed by atoms with Crippen LogP contribution in [0.1, 0.15) is 28.8 Å². The van der Waals surface area contributed by atoms with Crippen molar-refractivity contribution in [2.45, 2.75) is 25.4 Å². The molecule has 3 heterocycles. The number of methoxy groups -OCH3 is 1. The monoisotopic (exact) mass is 497 g/mol. The van der Waals surface area contributed by atoms with Gasteiger partial charge in [0, 0.05) is 31.6 Å². The smallest absolute Gasteiger partial charge is 0.335 e. The van der Waals surface area contributed by atoms with Crippen molar-refractivity contribution in [1.29, 1.82) is 0 Å². The molecule has 10 heteroatoms. The van der Waals surface area contributed by atoms with Crippen LogP contribution < -0.4 is 20.9 Å². The van der Waals surface area contributed by atoms with Crippen molar-refractivity contribution in [3.8, 4) is 5.75 Å². The van der Waals surface area contributed by atoms with E-state index in [1.807, 2.05) is 28.8 Å². The van der Waals surface area contributed by atoms with Crippen LogP contribution in [0.2, 0.25) is 0 Å². The van der Waals surface area contributed by atoms with Gasteiger partial charge in [-0.25, -0.2) is 9.78 Å². The summed E-state index contributed by atoms with van der Waals surface area (Å²) in [5.74, 6) is 0.369. The second kappa shape index (κ2) is 9.59. The van der Waals surface area contributed by atoms with Crippen LogP contribution in [-0.2, 0) is 13.6 Å². The number of aryl methyl sites for hydroxylation is 1. The molecule has 0 unspecified atom stereocenters. The van der Waals surface area contributed by atoms with Crippen molar-refractivity contribution in [2.75, 3.05) is 25.1 Å². The van der Waals surface area contributed by atoms with Crippen LogP contribution in [-0.4, -0.2) is 51.4 Å². The second-order valence-electron chi connectivity index (χ2n) is 8.80. The van der Waals surface area contributed by atoms with E-state index in [2.05, 4.69) is 4.90 Å². The third-order valence-electron chi connectivity index (χ3n) is 6.53. The van der Waals surface area contributed by atoms with E-state index in [1.54, 1.807) is 30.9 Å². The SMILES string of the molecule is COc1cccc(Cn2c(N3CCC[C@@H](N)C3)nc3c4cc(C(=O)O)ccc4n(C)c(=O)c32)c1.Cl. The number of imidazole rings is 1. The molecular formula is C25H28ClN5O4. The first-order valence-corrected chi connectivity index (χ1v) is 11.3. The van der Waals surface area contributed by atoms with E-state index in [0.717, 1.165) is 30.7 Å². The van der Waals surface area contributed by atoms with E-state index < -0.39 is 5.97 Å². The Morgan fingerprint density at radius 1 is 1.26 bits per heavy atom. The first kappa shape index (κ1) is 24.6. The summed E-state index contributed by atoms with van der Waals surface area (Å²) in [7, 11) is 3.32. The van der Waals surface area contributed by atoms with E-state index >= 15 is 0 Å². The summed E-state index contributed by atoms with van der Waals surface area (Å²) in [6.45, 7) is 1.84. The molecule has 2 aromatic heterocycles. The van der Waals surface area contributed by atoms with E-state index in [0.29, 0.717) is 41.0 Å². The van der Waals surface area contributed by atoms with Crippen LogP contribution in [0.5, 0.6) is 5.75 Å². The zero-order chi connectivity index (χ0) is 24.0. The van der Waals surface area contributed by atoms with Gasteiger partial charge in [-0.2, -0.15) is 0 Å². The molecule has 9 nitrogen and oxygen atoms in total. The minimum atomic E-state index is -1.03. The molecule has 0 amide bonds. The Morgan fingerprint density at radius 2 is 2.06 bits per heavy atom. The molecule has 1 fully saturated rings. The zero-order valence-electron chi connectivity index (χ0n) is 19.6. The number of piperidine rings is 1. The van der Waals surface area contributed by atoms with Crippen LogP contribution in [0.4, 0.5) is 5.95 Å². The largest absolute Gasteiger partial charge is 0.497 e. The maximum absolute atomic E-state index is 13.6. The third kappa shape index (κ3) is 4.33. The Balaban J connectivity index is 0.00000289. The van der Waals surface area contributed by atoms with Crippen LogP contribution in [0.25, 0.3) is 21.9 Å². The Hall–Kier alpha value is -3.56. The number of rotatable bonds is 5. The molecule has 184 valence electrons. The Morgan fingerprint density at radius 3 is 2.77 bits per heavy atom. The quantitative estimate of drug-likeness (QED) is 0.435. The molecule has 4 aromatic rings. The van der Waals surface area contributed by atoms with E-state index in [-0.39, 0.29) is 29.6 Å². The standard InChI is InChI=1S/C25H27N5O4.ClH/c1-28-20-9-8-16(24(32)33)12-19(20)21-22(23(28)31)30(13-15-5-3-7-18(11-15)34-2)25(27-21)29-10-4-6-17(26)14-29;/h3,5,7-9,11-12,17H,4,6,10,13-14,26H2,1-2H3,(H,32,33);1H/t17-;/m1./s1. The number of carboxylic acids is 1. The molecule has 0 aliphatic carbocycles. The average molecular weight is 498 g/mol. The number of nitrogens with two attached hydrogens (primary N) is 1. The number of anilines is 1. The molecule has 1 aliphatic heterocycles. The first-order valence-electron chi connectivity index (χ1n) is 11.3. The molecule has 2 aromatic carbocycles. The molecular weight excluding hydrogens is 470 g/mol. The van der Waals surface area contributed by atoms with E-state index in [9.17, 15) is 14.7 Å². The lowest BCUT2D eigenvalue weighted by Crippen LogP contribution is -2.44. The fourth-order valence-corrected chi connectivity index (χ4v) is 4.80. The number of hydrogen-bond donors (Lipinski definition) is 2. The predicted molar refractivity (Wildman–Crippen MR) is 138 cm³/mol. The number of carboxylic acid groups (broad SMARTS) is 1. The Bertz CT molecular complexity index is 1480. The predicted octanol–water partition coefficient (Wildman–Crippen LogP) is 2.99. The summed E-state index contributed by atoms with van der Waals surface area (Å²) in [5.41, 5.74) is 8.76. The van der Waals surface area contributed by atoms with Gasteiger partial charge in [0.1, 0.15) is 16.8 Å². The van der Waals surface area contributed by atoms with Gasteiger partial charge >= 0.3 is 5.97 Å². The van der Waals surface area contributed by atoms with Gasteiger partial charge in [0.25, 0.3) is 5.56 Å². The van der Waals surface area contributed by atoms with Crippen molar-refractivity contribution >= 4 is 46.3 Å². The summed E-state index contributed by atoms with van der Waals surface area (Å²) in [4.78, 5) is 32.3. The van der Waals surface area contributed by atoms with Gasteiger partial charge in [0.15, 0.2) is 0 Å². The Kier molecular flexibility index (Phi) is 6.73. The maximum atomic E-state index is 13.6. The fourth-order valence-electron chi connectivity index (χ4n) is 4.80. The highest BCUT2D eigenvalue weighted by Crippen LogP contribution is 2.30. The number of halogens is 1. The molecule has 1 saturated heterocycles. The lowest BCUT2D eigenvalue weighted by molar-refractivity contribution is 0.0697. The topological polar surface area (TPSA) is 116 Å². The van der Waals surface area contributed by atoms with Crippen molar-refractivity contribution in [3.63, 3.8) is 0 Å². The molecule has 0 saturated carbocycles. The van der Waals surface area contributed by atoms with Gasteiger partial charge in [-0.05, 0) is 48.7 Å². The number of carbonyl (C=O) groups is 1. The van der Waals surface area contributed by atoms with E-state index in [1.165, 1.54) is 6.07 Å². The number of nitrogens with zero attached hydrogens (tertiary/aromatic N) is 4. The van der Waals surface area contributed by atoms with Crippen LogP contribution >= 0.6 is 12.4 Å². The summed E-state index contributed by atoms with van der Waals surface area (Å²) < 4.78 is 8.87. The molecule has 3 N–H and O–H groups in total. The van der Waals surface area contributed by atoms with Crippen molar-refractivity contribution in [2.24, 2.45) is 12.8 Å². The Labute approximate surface area is 208 Å². The molecule has 1 atom stereocenters. The van der Waals surface area contributed by atoms with Gasteiger partial charge in [0.05, 0.1) is 24.7 Å². The highest BCUT2D eigenvalue weighted by molar-refractivity contribution is 6.06. The molecule has 35 heavy (non-hydrogen) atoms. The average Bonchev–Trinajstić information content (AvgIpc) is 3.21. The molecule has 0 radical (unpaired) electrons. The highest BCUT2D eigenvalue weighted by atomic mass is 35.5. The number of ether oxygens (including phenoxy) is 1. The van der Waals surface area contributed by atoms with Crippen LogP contribution in [0.3, 0.4) is 0 Å². The van der Waals surface area contributed by atoms with Gasteiger partial charge in [-0.3, -0.25) is 4.79 Å². The number of aromatic nitrogens is 3. The minimum Gasteiger partial charge on any atom is -0.497 e. The minimum absolute atomic E-state index is 0. The zero-order valence-corrected chi connectivity index (χ0v) is 20.4. The van der Waals surface area contributed by atoms with Gasteiger partial charge in [-0.15, -0.1) is 12.4 Å². The van der Waals surface area contributed by atoms with Gasteiger partial charge in [0.2, 0.25) is 5.95 Å². The molecule has 5 rings (SSSR count). The summed E-state index contributed by atoms with van der Waals surface area (Å²) in [6.07, 6.45) is 1.88. The molecule has 0 spiro atoms. The van der Waals surface area contributed by atoms with E-state index in [4.69, 9.17) is 15.5 Å². The highest BCUT2D eigenvalue weighted by Gasteiger charge is 2.26. The number of fused-ring (bicyclic) bond motifs is 3. The second-order valence-corrected chi connectivity index (χ2v) is 8.80. The normalized spacial score (nSPS) is 15.9. The lowest BCUT2D eigenvalue weighted by Gasteiger charge is -2.32. The molecule has 0 bridgehead atoms. The van der Waals surface area contributed by atoms with Crippen LogP contribution in [0.15, 0.2) is 47.3 Å².